The lowest BCUT2D eigenvalue weighted by molar-refractivity contribution is -0.0141. The molecule has 2 fully saturated rings. The molecule has 0 bridgehead atoms. The van der Waals surface area contributed by atoms with E-state index in [1.807, 2.05) is 51.4 Å². The van der Waals surface area contributed by atoms with Gasteiger partial charge >= 0.3 is 6.09 Å². The minimum atomic E-state index is -0.504. The van der Waals surface area contributed by atoms with Crippen molar-refractivity contribution in [2.45, 2.75) is 96.6 Å². The van der Waals surface area contributed by atoms with Crippen molar-refractivity contribution in [1.82, 2.24) is 20.2 Å². The van der Waals surface area contributed by atoms with Crippen LogP contribution in [0.4, 0.5) is 4.79 Å². The number of hydrogen-bond acceptors (Lipinski definition) is 9. The summed E-state index contributed by atoms with van der Waals surface area (Å²) >= 11 is 0. The fraction of sp³-hybridized carbons (Fsp3) is 0.375. The first-order valence-electron chi connectivity index (χ1n) is 22.8. The third-order valence-electron chi connectivity index (χ3n) is 11.7. The van der Waals surface area contributed by atoms with Gasteiger partial charge in [-0.05, 0) is 111 Å². The first-order chi connectivity index (χ1) is 31.6. The van der Waals surface area contributed by atoms with E-state index >= 15 is 0 Å². The Hall–Kier alpha value is -6.07. The lowest BCUT2D eigenvalue weighted by atomic mass is 9.98. The average Bonchev–Trinajstić information content (AvgIpc) is 3.28. The van der Waals surface area contributed by atoms with Crippen LogP contribution >= 0.6 is 0 Å². The Morgan fingerprint density at radius 3 is 1.52 bits per heavy atom. The predicted octanol–water partition coefficient (Wildman–Crippen LogP) is 10.9. The van der Waals surface area contributed by atoms with Crippen molar-refractivity contribution in [3.8, 4) is 33.8 Å². The molecule has 4 heterocycles. The monoisotopic (exact) mass is 893 g/mol. The first kappa shape index (κ1) is 49.4. The second kappa shape index (κ2) is 24.5. The van der Waals surface area contributed by atoms with Crippen LogP contribution in [0, 0.1) is 0 Å². The summed E-state index contributed by atoms with van der Waals surface area (Å²) < 4.78 is 29.0. The topological polar surface area (TPSA) is 104 Å². The number of carbonyl (C=O) groups excluding carboxylic acids is 1. The first-order valence-corrected chi connectivity index (χ1v) is 22.8. The highest BCUT2D eigenvalue weighted by atomic mass is 16.6. The zero-order chi connectivity index (χ0) is 45.4. The maximum atomic E-state index is 12.4. The molecule has 348 valence electrons. The number of rotatable bonds is 18. The molecule has 4 atom stereocenters. The van der Waals surface area contributed by atoms with Gasteiger partial charge in [0.25, 0.3) is 0 Å². The van der Waals surface area contributed by atoms with E-state index in [0.29, 0.717) is 31.5 Å². The molecular formula is C56H68N4O6. The zero-order valence-electron chi connectivity index (χ0n) is 38.5. The Bertz CT molecular complexity index is 2390. The quantitative estimate of drug-likeness (QED) is 0.0903. The van der Waals surface area contributed by atoms with E-state index in [1.165, 1.54) is 28.7 Å². The normalized spacial score (nSPS) is 16.2. The molecule has 8 rings (SSSR count). The number of benzene rings is 4. The van der Waals surface area contributed by atoms with Gasteiger partial charge in [0.05, 0.1) is 30.6 Å². The lowest BCUT2D eigenvalue weighted by Crippen LogP contribution is -2.55. The molecule has 2 aliphatic heterocycles. The van der Waals surface area contributed by atoms with Crippen molar-refractivity contribution < 1.29 is 28.5 Å². The van der Waals surface area contributed by atoms with Gasteiger partial charge < -0.3 is 33.9 Å². The number of hydrogen-bond donors (Lipinski definition) is 1. The Labute approximate surface area is 392 Å². The summed E-state index contributed by atoms with van der Waals surface area (Å²) in [5, 5.41) is 3.35. The molecule has 2 saturated heterocycles. The highest BCUT2D eigenvalue weighted by Crippen LogP contribution is 2.28. The van der Waals surface area contributed by atoms with Crippen molar-refractivity contribution in [2.24, 2.45) is 0 Å². The molecule has 0 saturated carbocycles. The van der Waals surface area contributed by atoms with Crippen LogP contribution in [0.15, 0.2) is 146 Å². The van der Waals surface area contributed by atoms with Crippen molar-refractivity contribution in [3.63, 3.8) is 0 Å². The number of amides is 1. The summed E-state index contributed by atoms with van der Waals surface area (Å²) in [7, 11) is 3.56. The van der Waals surface area contributed by atoms with E-state index < -0.39 is 5.60 Å². The van der Waals surface area contributed by atoms with E-state index in [0.717, 1.165) is 66.7 Å². The molecule has 4 aromatic carbocycles. The van der Waals surface area contributed by atoms with Crippen molar-refractivity contribution >= 4 is 6.09 Å². The van der Waals surface area contributed by atoms with Crippen LogP contribution in [0.2, 0.25) is 0 Å². The van der Waals surface area contributed by atoms with Gasteiger partial charge in [0.1, 0.15) is 30.3 Å². The number of aromatic nitrogens is 2. The van der Waals surface area contributed by atoms with Gasteiger partial charge in [0.15, 0.2) is 0 Å². The van der Waals surface area contributed by atoms with E-state index in [4.69, 9.17) is 23.7 Å². The van der Waals surface area contributed by atoms with Crippen LogP contribution in [0.1, 0.15) is 63.3 Å². The summed E-state index contributed by atoms with van der Waals surface area (Å²) in [5.41, 5.74) is 8.83. The third-order valence-corrected chi connectivity index (χ3v) is 11.7. The number of ether oxygens (including phenoxy) is 5. The van der Waals surface area contributed by atoms with Crippen LogP contribution in [-0.4, -0.2) is 91.4 Å². The Morgan fingerprint density at radius 1 is 0.621 bits per heavy atom. The van der Waals surface area contributed by atoms with Crippen LogP contribution in [0.25, 0.3) is 22.3 Å². The molecule has 0 aliphatic carbocycles. The minimum absolute atomic E-state index is 0. The number of nitrogens with zero attached hydrogens (tertiary/aromatic N) is 3. The molecule has 10 heteroatoms. The fourth-order valence-electron chi connectivity index (χ4n) is 7.88. The molecule has 0 unspecified atom stereocenters. The zero-order valence-corrected chi connectivity index (χ0v) is 38.5. The lowest BCUT2D eigenvalue weighted by Gasteiger charge is -2.40. The molecule has 2 aliphatic rings. The van der Waals surface area contributed by atoms with Crippen molar-refractivity contribution in [2.75, 3.05) is 40.5 Å². The van der Waals surface area contributed by atoms with Crippen LogP contribution < -0.4 is 14.8 Å². The summed E-state index contributed by atoms with van der Waals surface area (Å²) in [5.74, 6) is 1.51. The maximum absolute atomic E-state index is 12.4. The second-order valence-corrected chi connectivity index (χ2v) is 17.9. The summed E-state index contributed by atoms with van der Waals surface area (Å²) in [6.45, 7) is 8.52. The SMILES string of the molecule is C.CO[C@@H](Cc1ccccc1)Cc1cccc(-c2cncc(OC[C@@H]3CCN3)c2)c1.CO[C@@H](Cc1ccccc1)Cc1cccc(-c2cncc(OC[C@@H]3CCN3C(=O)OC(C)(C)C)c2)c1. The van der Waals surface area contributed by atoms with Crippen molar-refractivity contribution in [1.29, 1.82) is 0 Å². The minimum Gasteiger partial charge on any atom is -0.490 e. The van der Waals surface area contributed by atoms with Gasteiger partial charge in [-0.15, -0.1) is 0 Å². The van der Waals surface area contributed by atoms with Gasteiger partial charge in [0.2, 0.25) is 0 Å². The molecule has 1 N–H and O–H groups in total. The molecule has 1 amide bonds. The molecule has 10 nitrogen and oxygen atoms in total. The molecule has 0 radical (unpaired) electrons. The van der Waals surface area contributed by atoms with Crippen LogP contribution in [0.3, 0.4) is 0 Å². The largest absolute Gasteiger partial charge is 0.490 e. The van der Waals surface area contributed by atoms with Gasteiger partial charge in [-0.3, -0.25) is 9.97 Å². The summed E-state index contributed by atoms with van der Waals surface area (Å²) in [6, 6.07) is 42.6. The van der Waals surface area contributed by atoms with E-state index in [1.54, 1.807) is 31.5 Å². The Kier molecular flexibility index (Phi) is 18.3. The number of pyridine rings is 2. The number of methoxy groups -OCH3 is 2. The van der Waals surface area contributed by atoms with Crippen LogP contribution in [0.5, 0.6) is 11.5 Å². The average molecular weight is 893 g/mol. The number of nitrogens with one attached hydrogen (secondary N) is 1. The van der Waals surface area contributed by atoms with Gasteiger partial charge in [-0.25, -0.2) is 4.79 Å². The van der Waals surface area contributed by atoms with Gasteiger partial charge in [-0.1, -0.05) is 117 Å². The van der Waals surface area contributed by atoms with E-state index in [-0.39, 0.29) is 31.8 Å². The standard InChI is InChI=1S/C30H36N2O4.C25H28N2O2.CH4/c1-30(2,3)36-29(33)32-14-13-26(32)21-35-28-18-25(19-31-20-28)24-12-8-11-23(15-24)17-27(34-4)16-22-9-6-5-7-10-22;1-28-24(13-19-6-3-2-4-7-19)14-20-8-5-9-21(12-20)22-15-25(17-26-16-22)29-18-23-10-11-27-23;/h5-12,15,18-20,26-27H,13-14,16-17,21H2,1-4H3;2-9,12,15-17,23-24,27H,10-11,13-14,18H2,1H3;1H4/t26-,27-;23-,24-;/m00./s1. The molecule has 0 spiro atoms. The fourth-order valence-corrected chi connectivity index (χ4v) is 7.88. The molecule has 6 aromatic rings. The smallest absolute Gasteiger partial charge is 0.410 e. The highest BCUT2D eigenvalue weighted by Gasteiger charge is 2.35. The third kappa shape index (κ3) is 15.0. The Balaban J connectivity index is 0.000000220. The van der Waals surface area contributed by atoms with Gasteiger partial charge in [-0.2, -0.15) is 0 Å². The van der Waals surface area contributed by atoms with Crippen molar-refractivity contribution in [3.05, 3.63) is 168 Å². The molecule has 66 heavy (non-hydrogen) atoms. The van der Waals surface area contributed by atoms with E-state index in [2.05, 4.69) is 118 Å². The molecular weight excluding hydrogens is 825 g/mol. The van der Waals surface area contributed by atoms with Gasteiger partial charge in [0, 0.05) is 50.3 Å². The van der Waals surface area contributed by atoms with Crippen LogP contribution in [-0.2, 0) is 39.9 Å². The number of carbonyl (C=O) groups is 1. The Morgan fingerprint density at radius 2 is 1.09 bits per heavy atom. The predicted molar refractivity (Wildman–Crippen MR) is 264 cm³/mol. The summed E-state index contributed by atoms with van der Waals surface area (Å²) in [6.07, 6.45) is 12.8. The summed E-state index contributed by atoms with van der Waals surface area (Å²) in [4.78, 5) is 22.9. The van der Waals surface area contributed by atoms with E-state index in [9.17, 15) is 4.79 Å². The molecule has 2 aromatic heterocycles. The highest BCUT2D eigenvalue weighted by molar-refractivity contribution is 5.69. The maximum Gasteiger partial charge on any atom is 0.410 e. The second-order valence-electron chi connectivity index (χ2n) is 17.9. The number of likely N-dealkylation sites (tertiary alicyclic amines) is 1.